The minimum atomic E-state index is 0.190. The molecule has 0 heterocycles. The number of aliphatic hydroxyl groups is 4. The van der Waals surface area contributed by atoms with Crippen molar-refractivity contribution in [3.05, 3.63) is 139 Å². The highest BCUT2D eigenvalue weighted by molar-refractivity contribution is 6.31. The topological polar surface area (TPSA) is 80.9 Å². The van der Waals surface area contributed by atoms with Crippen LogP contribution in [-0.2, 0) is 25.7 Å². The average Bonchev–Trinajstić information content (AvgIpc) is 3.14. The third kappa shape index (κ3) is 17.3. The fourth-order valence-electron chi connectivity index (χ4n) is 7.08. The van der Waals surface area contributed by atoms with Gasteiger partial charge in [0.2, 0.25) is 0 Å². The van der Waals surface area contributed by atoms with Crippen LogP contribution in [0.15, 0.2) is 97.1 Å². The Hall–Kier alpha value is -2.12. The van der Waals surface area contributed by atoms with Crippen LogP contribution in [0.25, 0.3) is 0 Å². The predicted molar refractivity (Wildman–Crippen MR) is 220 cm³/mol. The number of unbranched alkanes of at least 4 members (excludes halogenated alkanes) is 2. The molecule has 4 aromatic rings. The highest BCUT2D eigenvalue weighted by Crippen LogP contribution is 2.31. The number of rotatable bonds is 22. The van der Waals surface area contributed by atoms with Gasteiger partial charge in [-0.15, -0.1) is 0 Å². The lowest BCUT2D eigenvalue weighted by Gasteiger charge is -2.27. The third-order valence-electron chi connectivity index (χ3n) is 9.94. The molecule has 0 aliphatic heterocycles. The second-order valence-corrected chi connectivity index (χ2v) is 15.6. The van der Waals surface area contributed by atoms with Crippen LogP contribution in [0.5, 0.6) is 0 Å². The van der Waals surface area contributed by atoms with Gasteiger partial charge in [-0.05, 0) is 159 Å². The summed E-state index contributed by atoms with van der Waals surface area (Å²) in [6.45, 7) is 0.843. The summed E-state index contributed by atoms with van der Waals surface area (Å²) in [6.07, 6.45) is 11.1. The summed E-state index contributed by atoms with van der Waals surface area (Å²) in [4.78, 5) is 0. The van der Waals surface area contributed by atoms with E-state index in [-0.39, 0.29) is 26.4 Å². The molecule has 0 fully saturated rings. The van der Waals surface area contributed by atoms with E-state index in [0.717, 1.165) is 97.1 Å². The number of halogens is 4. The molecule has 0 spiro atoms. The van der Waals surface area contributed by atoms with Crippen LogP contribution in [0.1, 0.15) is 73.6 Å². The van der Waals surface area contributed by atoms with Gasteiger partial charge in [-0.1, -0.05) is 108 Å². The van der Waals surface area contributed by atoms with Crippen molar-refractivity contribution in [2.24, 2.45) is 23.7 Å². The molecule has 0 unspecified atom stereocenters. The van der Waals surface area contributed by atoms with Crippen LogP contribution in [0, 0.1) is 23.7 Å². The van der Waals surface area contributed by atoms with Gasteiger partial charge in [0.15, 0.2) is 0 Å². The van der Waals surface area contributed by atoms with Gasteiger partial charge in [0.1, 0.15) is 0 Å². The smallest absolute Gasteiger partial charge is 0.0433 e. The number of hydrogen-bond donors (Lipinski definition) is 4. The Morgan fingerprint density at radius 3 is 0.750 bits per heavy atom. The third-order valence-corrected chi connectivity index (χ3v) is 11.0. The van der Waals surface area contributed by atoms with E-state index in [1.54, 1.807) is 0 Å². The minimum Gasteiger partial charge on any atom is -0.396 e. The van der Waals surface area contributed by atoms with Gasteiger partial charge in [-0.2, -0.15) is 0 Å². The quantitative estimate of drug-likeness (QED) is 0.0598. The van der Waals surface area contributed by atoms with Crippen molar-refractivity contribution >= 4 is 46.4 Å². The molecule has 4 atom stereocenters. The highest BCUT2D eigenvalue weighted by atomic mass is 35.5. The van der Waals surface area contributed by atoms with E-state index in [9.17, 15) is 10.2 Å². The normalized spacial score (nSPS) is 13.5. The van der Waals surface area contributed by atoms with Crippen molar-refractivity contribution < 1.29 is 20.4 Å². The Balaban J connectivity index is 0.000000280. The van der Waals surface area contributed by atoms with Gasteiger partial charge in [0.25, 0.3) is 0 Å². The summed E-state index contributed by atoms with van der Waals surface area (Å²) in [5.74, 6) is 1.67. The summed E-state index contributed by atoms with van der Waals surface area (Å²) in [6, 6.07) is 32.0. The second-order valence-electron chi connectivity index (χ2n) is 13.8. The van der Waals surface area contributed by atoms with Crippen molar-refractivity contribution in [3.8, 4) is 0 Å². The number of aliphatic hydroxyl groups excluding tert-OH is 4. The van der Waals surface area contributed by atoms with Gasteiger partial charge < -0.3 is 20.4 Å². The first-order valence-electron chi connectivity index (χ1n) is 18.7. The molecule has 284 valence electrons. The lowest BCUT2D eigenvalue weighted by Crippen LogP contribution is -2.21. The highest BCUT2D eigenvalue weighted by Gasteiger charge is 2.23. The van der Waals surface area contributed by atoms with Crippen LogP contribution in [0.2, 0.25) is 20.1 Å². The monoisotopic (exact) mass is 788 g/mol. The Morgan fingerprint density at radius 1 is 0.308 bits per heavy atom. The van der Waals surface area contributed by atoms with Crippen LogP contribution < -0.4 is 0 Å². The van der Waals surface area contributed by atoms with Crippen LogP contribution >= 0.6 is 46.4 Å². The van der Waals surface area contributed by atoms with Crippen molar-refractivity contribution in [3.63, 3.8) is 0 Å². The van der Waals surface area contributed by atoms with E-state index >= 15 is 0 Å². The van der Waals surface area contributed by atoms with E-state index in [2.05, 4.69) is 48.5 Å². The molecular weight excluding hydrogens is 734 g/mol. The molecule has 0 amide bonds. The Kier molecular flexibility index (Phi) is 22.0. The SMILES string of the molecule is OCCCC[C@@H](Cc1ccc(Cl)cc1)[C@@H](CCO)Cc1ccc(Cl)cc1.OCCCC[C@H](Cc1ccc(Cl)cc1)[C@H](CCO)Cc1ccc(Cl)cc1. The molecule has 4 nitrogen and oxygen atoms in total. The fourth-order valence-corrected chi connectivity index (χ4v) is 7.58. The van der Waals surface area contributed by atoms with Gasteiger partial charge in [0, 0.05) is 46.5 Å². The number of benzene rings is 4. The molecule has 52 heavy (non-hydrogen) atoms. The first-order valence-corrected chi connectivity index (χ1v) is 20.2. The van der Waals surface area contributed by atoms with E-state index in [4.69, 9.17) is 56.6 Å². The molecule has 0 aliphatic rings. The molecular formula is C44H56Cl4O4. The lowest BCUT2D eigenvalue weighted by atomic mass is 9.78. The molecule has 0 saturated carbocycles. The van der Waals surface area contributed by atoms with Gasteiger partial charge in [0.05, 0.1) is 0 Å². The minimum absolute atomic E-state index is 0.190. The Morgan fingerprint density at radius 2 is 0.538 bits per heavy atom. The van der Waals surface area contributed by atoms with Crippen molar-refractivity contribution in [2.75, 3.05) is 26.4 Å². The maximum atomic E-state index is 9.60. The summed E-state index contributed by atoms with van der Waals surface area (Å²) in [7, 11) is 0. The maximum absolute atomic E-state index is 9.60. The largest absolute Gasteiger partial charge is 0.396 e. The summed E-state index contributed by atoms with van der Waals surface area (Å²) in [5.41, 5.74) is 5.03. The zero-order valence-corrected chi connectivity index (χ0v) is 33.2. The molecule has 4 N–H and O–H groups in total. The molecule has 0 bridgehead atoms. The zero-order valence-electron chi connectivity index (χ0n) is 30.2. The molecule has 8 heteroatoms. The average molecular weight is 791 g/mol. The van der Waals surface area contributed by atoms with E-state index in [0.29, 0.717) is 23.7 Å². The molecule has 0 aliphatic carbocycles. The van der Waals surface area contributed by atoms with Gasteiger partial charge in [-0.3, -0.25) is 0 Å². The zero-order chi connectivity index (χ0) is 37.6. The summed E-state index contributed by atoms with van der Waals surface area (Å²) >= 11 is 24.0. The van der Waals surface area contributed by atoms with Gasteiger partial charge >= 0.3 is 0 Å². The van der Waals surface area contributed by atoms with Crippen LogP contribution in [-0.4, -0.2) is 46.9 Å². The van der Waals surface area contributed by atoms with Crippen LogP contribution in [0.3, 0.4) is 0 Å². The molecule has 0 aromatic heterocycles. The standard InChI is InChI=1S/2C22H28Cl2O2/c2*23-21-8-4-17(5-9-21)15-19(3-1-2-13-25)20(12-14-26)16-18-6-10-22(24)11-7-18/h2*4-11,19-20,25-26H,1-3,12-16H2/t2*19-,20-/m10/s1. The Labute approximate surface area is 331 Å². The van der Waals surface area contributed by atoms with E-state index in [1.165, 1.54) is 22.3 Å². The van der Waals surface area contributed by atoms with Crippen molar-refractivity contribution in [1.82, 2.24) is 0 Å². The van der Waals surface area contributed by atoms with Crippen molar-refractivity contribution in [1.29, 1.82) is 0 Å². The van der Waals surface area contributed by atoms with Gasteiger partial charge in [-0.25, -0.2) is 0 Å². The Bertz CT molecular complexity index is 1370. The molecule has 4 rings (SSSR count). The second kappa shape index (κ2) is 25.8. The summed E-state index contributed by atoms with van der Waals surface area (Å²) in [5, 5.41) is 40.5. The maximum Gasteiger partial charge on any atom is 0.0433 e. The first-order chi connectivity index (χ1) is 25.2. The molecule has 4 aromatic carbocycles. The fraction of sp³-hybridized carbons (Fsp3) is 0.455. The number of hydrogen-bond acceptors (Lipinski definition) is 4. The van der Waals surface area contributed by atoms with E-state index < -0.39 is 0 Å². The summed E-state index contributed by atoms with van der Waals surface area (Å²) < 4.78 is 0. The first kappa shape index (κ1) is 44.3. The molecule has 0 saturated heterocycles. The van der Waals surface area contributed by atoms with E-state index in [1.807, 2.05) is 48.5 Å². The lowest BCUT2D eigenvalue weighted by molar-refractivity contribution is 0.203. The van der Waals surface area contributed by atoms with Crippen LogP contribution in [0.4, 0.5) is 0 Å². The van der Waals surface area contributed by atoms with Crippen molar-refractivity contribution in [2.45, 2.75) is 77.0 Å². The molecule has 0 radical (unpaired) electrons. The predicted octanol–water partition coefficient (Wildman–Crippen LogP) is 11.1.